The molecule has 49 heavy (non-hydrogen) atoms. The SMILES string of the molecule is CCC/C=C\C/C=C\CCCCCCCC(=O)OC(COC(=O)CCCCCCC/C=C\CCCCC)COP(=O)([O-])OCC[N+](C)(C)C. The van der Waals surface area contributed by atoms with E-state index in [1.807, 2.05) is 21.1 Å². The fourth-order valence-electron chi connectivity index (χ4n) is 4.80. The highest BCUT2D eigenvalue weighted by Crippen LogP contribution is 2.38. The molecule has 0 radical (unpaired) electrons. The molecule has 0 aromatic rings. The van der Waals surface area contributed by atoms with Gasteiger partial charge in [-0.3, -0.25) is 14.2 Å². The lowest BCUT2D eigenvalue weighted by atomic mass is 10.1. The summed E-state index contributed by atoms with van der Waals surface area (Å²) < 4.78 is 33.7. The molecule has 0 aromatic carbocycles. The number of allylic oxidation sites excluding steroid dienone is 6. The van der Waals surface area contributed by atoms with Crippen LogP contribution in [0.2, 0.25) is 0 Å². The highest BCUT2D eigenvalue weighted by atomic mass is 31.2. The second-order valence-electron chi connectivity index (χ2n) is 13.9. The van der Waals surface area contributed by atoms with Gasteiger partial charge in [0.25, 0.3) is 7.82 Å². The predicted octanol–water partition coefficient (Wildman–Crippen LogP) is 9.55. The number of unbranched alkanes of at least 4 members (excludes halogenated alkanes) is 14. The highest BCUT2D eigenvalue weighted by molar-refractivity contribution is 7.45. The van der Waals surface area contributed by atoms with Gasteiger partial charge in [-0.15, -0.1) is 0 Å². The van der Waals surface area contributed by atoms with E-state index in [1.54, 1.807) is 0 Å². The van der Waals surface area contributed by atoms with Crippen molar-refractivity contribution in [3.05, 3.63) is 36.5 Å². The van der Waals surface area contributed by atoms with Crippen LogP contribution in [0.25, 0.3) is 0 Å². The molecular weight excluding hydrogens is 641 g/mol. The zero-order valence-electron chi connectivity index (χ0n) is 31.9. The Kier molecular flexibility index (Phi) is 31.0. The molecule has 0 aliphatic carbocycles. The smallest absolute Gasteiger partial charge is 0.306 e. The van der Waals surface area contributed by atoms with Gasteiger partial charge in [-0.05, 0) is 64.2 Å². The molecule has 10 heteroatoms. The van der Waals surface area contributed by atoms with Gasteiger partial charge in [0.1, 0.15) is 19.8 Å². The van der Waals surface area contributed by atoms with E-state index in [4.69, 9.17) is 18.5 Å². The minimum Gasteiger partial charge on any atom is -0.756 e. The number of hydrogen-bond donors (Lipinski definition) is 0. The summed E-state index contributed by atoms with van der Waals surface area (Å²) in [6.07, 6.45) is 33.1. The second kappa shape index (κ2) is 32.2. The minimum atomic E-state index is -4.62. The van der Waals surface area contributed by atoms with Crippen molar-refractivity contribution in [2.24, 2.45) is 0 Å². The summed E-state index contributed by atoms with van der Waals surface area (Å²) in [5.41, 5.74) is 0. The summed E-state index contributed by atoms with van der Waals surface area (Å²) in [4.78, 5) is 37.3. The van der Waals surface area contributed by atoms with E-state index in [0.29, 0.717) is 17.4 Å². The topological polar surface area (TPSA) is 111 Å². The number of carbonyl (C=O) groups excluding carboxylic acids is 2. The molecule has 0 amide bonds. The van der Waals surface area contributed by atoms with Crippen LogP contribution in [0.1, 0.15) is 149 Å². The van der Waals surface area contributed by atoms with Crippen LogP contribution in [0, 0.1) is 0 Å². The number of rotatable bonds is 34. The van der Waals surface area contributed by atoms with Gasteiger partial charge in [0.15, 0.2) is 6.10 Å². The molecule has 0 rings (SSSR count). The number of esters is 2. The average Bonchev–Trinajstić information content (AvgIpc) is 3.04. The van der Waals surface area contributed by atoms with E-state index < -0.39 is 32.5 Å². The van der Waals surface area contributed by atoms with E-state index in [0.717, 1.165) is 83.5 Å². The molecule has 0 heterocycles. The Morgan fingerprint density at radius 2 is 1.14 bits per heavy atom. The van der Waals surface area contributed by atoms with Crippen LogP contribution >= 0.6 is 7.82 Å². The van der Waals surface area contributed by atoms with Crippen LogP contribution in [0.4, 0.5) is 0 Å². The molecule has 0 aromatic heterocycles. The van der Waals surface area contributed by atoms with Crippen molar-refractivity contribution < 1.29 is 42.1 Å². The van der Waals surface area contributed by atoms with Gasteiger partial charge in [-0.2, -0.15) is 0 Å². The summed E-state index contributed by atoms with van der Waals surface area (Å²) in [6.45, 7) is 4.08. The van der Waals surface area contributed by atoms with Gasteiger partial charge in [0.2, 0.25) is 0 Å². The number of likely N-dealkylation sites (N-methyl/N-ethyl adjacent to an activating group) is 1. The lowest BCUT2D eigenvalue weighted by Gasteiger charge is -2.28. The first-order valence-electron chi connectivity index (χ1n) is 19.2. The van der Waals surface area contributed by atoms with Crippen LogP contribution < -0.4 is 4.89 Å². The van der Waals surface area contributed by atoms with E-state index in [-0.39, 0.29) is 26.1 Å². The van der Waals surface area contributed by atoms with E-state index >= 15 is 0 Å². The summed E-state index contributed by atoms with van der Waals surface area (Å²) >= 11 is 0. The highest BCUT2D eigenvalue weighted by Gasteiger charge is 2.21. The molecule has 0 N–H and O–H groups in total. The largest absolute Gasteiger partial charge is 0.756 e. The fraction of sp³-hybridized carbons (Fsp3) is 0.795. The molecule has 9 nitrogen and oxygen atoms in total. The monoisotopic (exact) mass is 713 g/mol. The lowest BCUT2D eigenvalue weighted by Crippen LogP contribution is -2.37. The number of phosphoric ester groups is 1. The Balaban J connectivity index is 4.48. The van der Waals surface area contributed by atoms with Gasteiger partial charge >= 0.3 is 11.9 Å². The van der Waals surface area contributed by atoms with Crippen LogP contribution in [0.15, 0.2) is 36.5 Å². The molecule has 0 bridgehead atoms. The summed E-state index contributed by atoms with van der Waals surface area (Å²) in [6, 6.07) is 0. The first-order valence-corrected chi connectivity index (χ1v) is 20.7. The van der Waals surface area contributed by atoms with Crippen molar-refractivity contribution >= 4 is 19.8 Å². The third-order valence-corrected chi connectivity index (χ3v) is 8.83. The molecule has 0 spiro atoms. The summed E-state index contributed by atoms with van der Waals surface area (Å²) in [7, 11) is 1.14. The Morgan fingerprint density at radius 3 is 1.71 bits per heavy atom. The zero-order valence-corrected chi connectivity index (χ0v) is 32.8. The van der Waals surface area contributed by atoms with Crippen molar-refractivity contribution in [1.29, 1.82) is 0 Å². The molecule has 2 atom stereocenters. The number of phosphoric acid groups is 1. The molecule has 0 fully saturated rings. The summed E-state index contributed by atoms with van der Waals surface area (Å²) in [5, 5.41) is 0. The first-order chi connectivity index (χ1) is 23.5. The Morgan fingerprint density at radius 1 is 0.633 bits per heavy atom. The number of carbonyl (C=O) groups is 2. The summed E-state index contributed by atoms with van der Waals surface area (Å²) in [5.74, 6) is -0.866. The second-order valence-corrected chi connectivity index (χ2v) is 15.3. The maximum atomic E-state index is 12.6. The average molecular weight is 714 g/mol. The van der Waals surface area contributed by atoms with Gasteiger partial charge in [0, 0.05) is 12.8 Å². The zero-order chi connectivity index (χ0) is 36.5. The molecular formula is C39H72NO8P. The number of quaternary nitrogens is 1. The van der Waals surface area contributed by atoms with Crippen LogP contribution in [-0.2, 0) is 32.7 Å². The maximum Gasteiger partial charge on any atom is 0.306 e. The molecule has 2 unspecified atom stereocenters. The Hall–Kier alpha value is -1.77. The minimum absolute atomic E-state index is 0.0356. The van der Waals surface area contributed by atoms with Crippen molar-refractivity contribution in [2.75, 3.05) is 47.5 Å². The Labute approximate surface area is 300 Å². The molecule has 0 aliphatic rings. The van der Waals surface area contributed by atoms with Gasteiger partial charge < -0.3 is 27.9 Å². The molecule has 0 aliphatic heterocycles. The third-order valence-electron chi connectivity index (χ3n) is 7.86. The normalized spacial score (nSPS) is 14.2. The number of ether oxygens (including phenoxy) is 2. The van der Waals surface area contributed by atoms with Crippen molar-refractivity contribution in [3.63, 3.8) is 0 Å². The van der Waals surface area contributed by atoms with Crippen molar-refractivity contribution in [1.82, 2.24) is 0 Å². The first kappa shape index (κ1) is 47.2. The third kappa shape index (κ3) is 35.8. The Bertz CT molecular complexity index is 944. The standard InChI is InChI=1S/C39H72NO8P/c1-6-8-10-12-14-16-18-20-22-24-26-28-30-32-39(42)48-37(36-47-49(43,44)46-34-33-40(3,4)5)35-45-38(41)31-29-27-25-23-21-19-17-15-13-11-9-7-2/h10,12,15-18,37H,6-9,11,13-14,19-36H2,1-5H3/b12-10-,17-15-,18-16-. The van der Waals surface area contributed by atoms with Crippen LogP contribution in [-0.4, -0.2) is 70.0 Å². The predicted molar refractivity (Wildman–Crippen MR) is 199 cm³/mol. The number of hydrogen-bond acceptors (Lipinski definition) is 8. The molecule has 0 saturated carbocycles. The van der Waals surface area contributed by atoms with Crippen LogP contribution in [0.3, 0.4) is 0 Å². The fourth-order valence-corrected chi connectivity index (χ4v) is 5.53. The quantitative estimate of drug-likeness (QED) is 0.0213. The van der Waals surface area contributed by atoms with Gasteiger partial charge in [-0.25, -0.2) is 0 Å². The van der Waals surface area contributed by atoms with Gasteiger partial charge in [0.05, 0.1) is 27.7 Å². The van der Waals surface area contributed by atoms with E-state index in [1.165, 1.54) is 32.1 Å². The van der Waals surface area contributed by atoms with E-state index in [2.05, 4.69) is 50.3 Å². The number of nitrogens with zero attached hydrogens (tertiary/aromatic N) is 1. The van der Waals surface area contributed by atoms with Crippen LogP contribution in [0.5, 0.6) is 0 Å². The van der Waals surface area contributed by atoms with Crippen molar-refractivity contribution in [2.45, 2.75) is 155 Å². The van der Waals surface area contributed by atoms with Gasteiger partial charge in [-0.1, -0.05) is 108 Å². The molecule has 0 saturated heterocycles. The van der Waals surface area contributed by atoms with Crippen molar-refractivity contribution in [3.8, 4) is 0 Å². The van der Waals surface area contributed by atoms with E-state index in [9.17, 15) is 19.0 Å². The maximum absolute atomic E-state index is 12.6. The molecule has 286 valence electrons. The lowest BCUT2D eigenvalue weighted by molar-refractivity contribution is -0.870.